The molecule has 6 nitrogen and oxygen atoms in total. The normalized spacial score (nSPS) is 14.8. The molecule has 2 aromatic heterocycles. The molecule has 3 rings (SSSR count). The summed E-state index contributed by atoms with van der Waals surface area (Å²) in [6.45, 7) is 8.46. The van der Waals surface area contributed by atoms with Crippen LogP contribution in [0.2, 0.25) is 0 Å². The van der Waals surface area contributed by atoms with E-state index in [1.54, 1.807) is 4.90 Å². The van der Waals surface area contributed by atoms with E-state index in [-0.39, 0.29) is 17.5 Å². The Morgan fingerprint density at radius 3 is 2.62 bits per heavy atom. The topological polar surface area (TPSA) is 70.5 Å². The van der Waals surface area contributed by atoms with Crippen LogP contribution in [0.15, 0.2) is 10.9 Å². The van der Waals surface area contributed by atoms with Gasteiger partial charge in [-0.3, -0.25) is 14.7 Å². The average Bonchev–Trinajstić information content (AvgIpc) is 2.92. The highest BCUT2D eigenvalue weighted by molar-refractivity contribution is 5.96. The lowest BCUT2D eigenvalue weighted by molar-refractivity contribution is 0.0726. The molecule has 0 aromatic carbocycles. The molecular formula is C15H20N4O2. The lowest BCUT2D eigenvalue weighted by atomic mass is 10.1. The molecule has 1 aliphatic heterocycles. The summed E-state index contributed by atoms with van der Waals surface area (Å²) < 4.78 is 1.45. The van der Waals surface area contributed by atoms with Crippen molar-refractivity contribution in [1.29, 1.82) is 0 Å². The van der Waals surface area contributed by atoms with Crippen LogP contribution in [0.1, 0.15) is 49.4 Å². The number of nitrogens with one attached hydrogen (secondary N) is 1. The van der Waals surface area contributed by atoms with Crippen LogP contribution >= 0.6 is 0 Å². The summed E-state index contributed by atoms with van der Waals surface area (Å²) in [7, 11) is 0. The molecule has 1 amide bonds. The number of carbonyl (C=O) groups is 1. The molecule has 0 radical (unpaired) electrons. The van der Waals surface area contributed by atoms with Gasteiger partial charge in [-0.25, -0.2) is 9.50 Å². The monoisotopic (exact) mass is 288 g/mol. The molecule has 0 saturated carbocycles. The SMILES string of the molecule is CC(C)Cc1cc2nc3c(c(=O)n2[nH]1)CN(C(C)C)C3=O. The highest BCUT2D eigenvalue weighted by atomic mass is 16.2. The van der Waals surface area contributed by atoms with Gasteiger partial charge in [0, 0.05) is 17.8 Å². The zero-order valence-corrected chi connectivity index (χ0v) is 12.8. The number of hydrogen-bond donors (Lipinski definition) is 1. The quantitative estimate of drug-likeness (QED) is 0.932. The van der Waals surface area contributed by atoms with Crippen molar-refractivity contribution in [2.45, 2.75) is 46.7 Å². The minimum Gasteiger partial charge on any atom is -0.330 e. The molecule has 2 aromatic rings. The fraction of sp³-hybridized carbons (Fsp3) is 0.533. The maximum absolute atomic E-state index is 12.5. The predicted octanol–water partition coefficient (Wildman–Crippen LogP) is 1.59. The van der Waals surface area contributed by atoms with E-state index in [2.05, 4.69) is 23.9 Å². The Bertz CT molecular complexity index is 770. The van der Waals surface area contributed by atoms with Gasteiger partial charge in [-0.1, -0.05) is 13.8 Å². The van der Waals surface area contributed by atoms with Gasteiger partial charge in [0.25, 0.3) is 11.5 Å². The van der Waals surface area contributed by atoms with E-state index in [0.29, 0.717) is 29.4 Å². The summed E-state index contributed by atoms with van der Waals surface area (Å²) in [6, 6.07) is 1.92. The molecule has 21 heavy (non-hydrogen) atoms. The summed E-state index contributed by atoms with van der Waals surface area (Å²) in [4.78, 5) is 30.9. The van der Waals surface area contributed by atoms with E-state index in [9.17, 15) is 9.59 Å². The lowest BCUT2D eigenvalue weighted by Crippen LogP contribution is -2.31. The van der Waals surface area contributed by atoms with Crippen LogP contribution in [-0.2, 0) is 13.0 Å². The van der Waals surface area contributed by atoms with Crippen LogP contribution in [0.4, 0.5) is 0 Å². The summed E-state index contributed by atoms with van der Waals surface area (Å²) in [5, 5.41) is 3.10. The van der Waals surface area contributed by atoms with Crippen molar-refractivity contribution in [3.63, 3.8) is 0 Å². The van der Waals surface area contributed by atoms with Gasteiger partial charge in [0.1, 0.15) is 5.69 Å². The van der Waals surface area contributed by atoms with Gasteiger partial charge in [0.2, 0.25) is 0 Å². The average molecular weight is 288 g/mol. The third kappa shape index (κ3) is 2.14. The Morgan fingerprint density at radius 2 is 2.00 bits per heavy atom. The van der Waals surface area contributed by atoms with Gasteiger partial charge in [-0.05, 0) is 26.2 Å². The zero-order chi connectivity index (χ0) is 15.3. The van der Waals surface area contributed by atoms with Crippen molar-refractivity contribution >= 4 is 11.6 Å². The largest absolute Gasteiger partial charge is 0.330 e. The zero-order valence-electron chi connectivity index (χ0n) is 12.8. The van der Waals surface area contributed by atoms with Crippen LogP contribution in [0.5, 0.6) is 0 Å². The molecule has 0 fully saturated rings. The van der Waals surface area contributed by atoms with E-state index in [4.69, 9.17) is 0 Å². The first-order valence-corrected chi connectivity index (χ1v) is 7.33. The van der Waals surface area contributed by atoms with Crippen LogP contribution in [0, 0.1) is 5.92 Å². The molecule has 0 atom stereocenters. The second-order valence-electron chi connectivity index (χ2n) is 6.34. The standard InChI is InChI=1S/C15H20N4O2/c1-8(2)5-10-6-12-16-13-11(14(20)19(12)17-10)7-18(9(3)4)15(13)21/h6,8-9,17H,5,7H2,1-4H3. The highest BCUT2D eigenvalue weighted by Gasteiger charge is 2.33. The number of aromatic amines is 1. The molecule has 6 heteroatoms. The Balaban J connectivity index is 2.12. The molecule has 112 valence electrons. The first kappa shape index (κ1) is 13.9. The third-order valence-electron chi connectivity index (χ3n) is 3.80. The number of hydrogen-bond acceptors (Lipinski definition) is 3. The second kappa shape index (κ2) is 4.72. The number of H-pyrrole nitrogens is 1. The van der Waals surface area contributed by atoms with Crippen molar-refractivity contribution in [2.75, 3.05) is 0 Å². The van der Waals surface area contributed by atoms with Crippen LogP contribution in [0.25, 0.3) is 5.65 Å². The van der Waals surface area contributed by atoms with Crippen molar-refractivity contribution in [3.05, 3.63) is 33.4 Å². The van der Waals surface area contributed by atoms with Crippen LogP contribution in [0.3, 0.4) is 0 Å². The first-order chi connectivity index (χ1) is 9.88. The maximum Gasteiger partial charge on any atom is 0.278 e. The highest BCUT2D eigenvalue weighted by Crippen LogP contribution is 2.21. The van der Waals surface area contributed by atoms with E-state index < -0.39 is 0 Å². The minimum atomic E-state index is -0.165. The number of nitrogens with zero attached hydrogens (tertiary/aromatic N) is 3. The van der Waals surface area contributed by atoms with E-state index in [1.165, 1.54) is 4.52 Å². The van der Waals surface area contributed by atoms with Gasteiger partial charge in [-0.2, -0.15) is 0 Å². The number of rotatable bonds is 3. The molecule has 3 heterocycles. The van der Waals surface area contributed by atoms with Gasteiger partial charge in [-0.15, -0.1) is 0 Å². The Kier molecular flexibility index (Phi) is 3.11. The Hall–Kier alpha value is -2.11. The lowest BCUT2D eigenvalue weighted by Gasteiger charge is -2.19. The number of aromatic nitrogens is 3. The fourth-order valence-electron chi connectivity index (χ4n) is 2.77. The van der Waals surface area contributed by atoms with E-state index in [0.717, 1.165) is 12.1 Å². The first-order valence-electron chi connectivity index (χ1n) is 7.33. The van der Waals surface area contributed by atoms with Gasteiger partial charge < -0.3 is 4.90 Å². The van der Waals surface area contributed by atoms with E-state index in [1.807, 2.05) is 19.9 Å². The van der Waals surface area contributed by atoms with Gasteiger partial charge >= 0.3 is 0 Å². The summed E-state index contributed by atoms with van der Waals surface area (Å²) in [5.41, 5.74) is 2.12. The van der Waals surface area contributed by atoms with Crippen LogP contribution in [-0.4, -0.2) is 31.4 Å². The second-order valence-corrected chi connectivity index (χ2v) is 6.34. The molecule has 0 aliphatic carbocycles. The Morgan fingerprint density at radius 1 is 1.29 bits per heavy atom. The van der Waals surface area contributed by atoms with Crippen molar-refractivity contribution in [1.82, 2.24) is 19.5 Å². The summed E-state index contributed by atoms with van der Waals surface area (Å²) in [6.07, 6.45) is 0.847. The summed E-state index contributed by atoms with van der Waals surface area (Å²) >= 11 is 0. The fourth-order valence-corrected chi connectivity index (χ4v) is 2.77. The molecule has 1 N–H and O–H groups in total. The molecule has 0 saturated heterocycles. The number of fused-ring (bicyclic) bond motifs is 2. The number of carbonyl (C=O) groups excluding carboxylic acids is 1. The predicted molar refractivity (Wildman–Crippen MR) is 79.4 cm³/mol. The molecular weight excluding hydrogens is 268 g/mol. The van der Waals surface area contributed by atoms with Gasteiger partial charge in [0.15, 0.2) is 5.65 Å². The smallest absolute Gasteiger partial charge is 0.278 e. The molecule has 0 unspecified atom stereocenters. The molecule has 0 spiro atoms. The molecule has 0 bridgehead atoms. The Labute approximate surface area is 122 Å². The van der Waals surface area contributed by atoms with Gasteiger partial charge in [0.05, 0.1) is 12.1 Å². The van der Waals surface area contributed by atoms with Crippen molar-refractivity contribution in [3.8, 4) is 0 Å². The summed E-state index contributed by atoms with van der Waals surface area (Å²) in [5.74, 6) is 0.338. The van der Waals surface area contributed by atoms with Crippen LogP contribution < -0.4 is 5.56 Å². The minimum absolute atomic E-state index is 0.0611. The van der Waals surface area contributed by atoms with E-state index >= 15 is 0 Å². The number of amides is 1. The molecule has 1 aliphatic rings. The van der Waals surface area contributed by atoms with Crippen molar-refractivity contribution in [2.24, 2.45) is 5.92 Å². The maximum atomic E-state index is 12.5. The van der Waals surface area contributed by atoms with Crippen molar-refractivity contribution < 1.29 is 4.79 Å². The third-order valence-corrected chi connectivity index (χ3v) is 3.80.